The minimum absolute atomic E-state index is 0.0383. The fourth-order valence-corrected chi connectivity index (χ4v) is 8.62. The summed E-state index contributed by atoms with van der Waals surface area (Å²) in [6, 6.07) is 2.68. The highest BCUT2D eigenvalue weighted by atomic mass is 19.3. The molecule has 2 aromatic rings. The van der Waals surface area contributed by atoms with Crippen LogP contribution >= 0.6 is 0 Å². The van der Waals surface area contributed by atoms with E-state index in [9.17, 15) is 30.7 Å². The monoisotopic (exact) mass is 688 g/mol. The zero-order valence-electron chi connectivity index (χ0n) is 27.4. The molecule has 3 fully saturated rings. The molecule has 0 saturated heterocycles. The normalized spacial score (nSPS) is 27.5. The molecule has 3 aliphatic rings. The van der Waals surface area contributed by atoms with Crippen LogP contribution in [0.5, 0.6) is 5.75 Å². The van der Waals surface area contributed by atoms with Crippen LogP contribution < -0.4 is 4.74 Å². The maximum Gasteiger partial charge on any atom is 0.400 e. The van der Waals surface area contributed by atoms with Gasteiger partial charge in [-0.1, -0.05) is 19.8 Å². The van der Waals surface area contributed by atoms with Gasteiger partial charge in [0.05, 0.1) is 5.92 Å². The van der Waals surface area contributed by atoms with Crippen molar-refractivity contribution in [1.29, 1.82) is 0 Å². The van der Waals surface area contributed by atoms with Gasteiger partial charge in [0.15, 0.2) is 23.3 Å². The Morgan fingerprint density at radius 1 is 0.646 bits per heavy atom. The Morgan fingerprint density at radius 2 is 1.10 bits per heavy atom. The number of allylic oxidation sites excluding steroid dienone is 1. The lowest BCUT2D eigenvalue weighted by molar-refractivity contribution is -0.224. The van der Waals surface area contributed by atoms with Gasteiger partial charge in [-0.05, 0) is 125 Å². The van der Waals surface area contributed by atoms with E-state index in [4.69, 9.17) is 0 Å². The highest BCUT2D eigenvalue weighted by molar-refractivity contribution is 5.61. The zero-order chi connectivity index (χ0) is 34.6. The first-order valence-electron chi connectivity index (χ1n) is 17.6. The van der Waals surface area contributed by atoms with Crippen LogP contribution in [0.2, 0.25) is 0 Å². The summed E-state index contributed by atoms with van der Waals surface area (Å²) < 4.78 is 134. The van der Waals surface area contributed by atoms with Gasteiger partial charge in [0.2, 0.25) is 0 Å². The van der Waals surface area contributed by atoms with Crippen molar-refractivity contribution in [2.24, 2.45) is 29.6 Å². The topological polar surface area (TPSA) is 9.23 Å². The molecule has 0 aliphatic heterocycles. The first kappa shape index (κ1) is 36.6. The predicted octanol–water partition coefficient (Wildman–Crippen LogP) is 13.1. The minimum atomic E-state index is -3.63. The Labute approximate surface area is 277 Å². The molecule has 0 unspecified atom stereocenters. The van der Waals surface area contributed by atoms with Gasteiger partial charge in [0.1, 0.15) is 23.2 Å². The molecule has 0 atom stereocenters. The number of benzene rings is 2. The molecule has 0 bridgehead atoms. The van der Waals surface area contributed by atoms with Gasteiger partial charge in [-0.15, -0.1) is 0 Å². The van der Waals surface area contributed by atoms with Gasteiger partial charge in [-0.2, -0.15) is 8.78 Å². The second-order valence-corrected chi connectivity index (χ2v) is 14.3. The van der Waals surface area contributed by atoms with E-state index >= 15 is 8.78 Å². The SMILES string of the molecule is CCCCC/C(F)=C(\F)c1cc(F)c(C2CCC(C3CCC(C4CCC(C(F)(F)Oc5cc(F)c(F)c(F)c5)CC4)CC3)CC2)c(F)c1. The van der Waals surface area contributed by atoms with E-state index in [1.807, 2.05) is 6.92 Å². The van der Waals surface area contributed by atoms with Crippen LogP contribution in [0.3, 0.4) is 0 Å². The maximum absolute atomic E-state index is 15.1. The molecular formula is C38H45F9O. The Balaban J connectivity index is 1.07. The van der Waals surface area contributed by atoms with Crippen LogP contribution in [0, 0.1) is 58.7 Å². The molecule has 3 aliphatic carbocycles. The van der Waals surface area contributed by atoms with Crippen molar-refractivity contribution in [1.82, 2.24) is 0 Å². The number of ether oxygens (including phenoxy) is 1. The van der Waals surface area contributed by atoms with Crippen molar-refractivity contribution < 1.29 is 44.3 Å². The first-order valence-corrected chi connectivity index (χ1v) is 17.6. The van der Waals surface area contributed by atoms with Crippen LogP contribution in [0.1, 0.15) is 127 Å². The highest BCUT2D eigenvalue weighted by Crippen LogP contribution is 2.49. The molecule has 0 amide bonds. The zero-order valence-corrected chi connectivity index (χ0v) is 27.4. The Bertz CT molecular complexity index is 1370. The summed E-state index contributed by atoms with van der Waals surface area (Å²) in [6.07, 6.45) is 6.95. The number of hydrogen-bond acceptors (Lipinski definition) is 1. The van der Waals surface area contributed by atoms with E-state index in [1.165, 1.54) is 0 Å². The maximum atomic E-state index is 15.1. The lowest BCUT2D eigenvalue weighted by Gasteiger charge is -2.42. The number of rotatable bonds is 11. The van der Waals surface area contributed by atoms with Gasteiger partial charge < -0.3 is 4.74 Å². The van der Waals surface area contributed by atoms with Gasteiger partial charge in [0, 0.05) is 29.7 Å². The van der Waals surface area contributed by atoms with Crippen molar-refractivity contribution in [2.45, 2.75) is 122 Å². The molecule has 10 heteroatoms. The molecule has 0 radical (unpaired) electrons. The molecule has 0 N–H and O–H groups in total. The number of alkyl halides is 2. The molecule has 0 heterocycles. The molecule has 0 aromatic heterocycles. The van der Waals surface area contributed by atoms with Crippen molar-refractivity contribution in [3.05, 3.63) is 70.3 Å². The lowest BCUT2D eigenvalue weighted by Crippen LogP contribution is -2.38. The van der Waals surface area contributed by atoms with Crippen molar-refractivity contribution in [2.75, 3.05) is 0 Å². The number of hydrogen-bond donors (Lipinski definition) is 0. The molecule has 48 heavy (non-hydrogen) atoms. The van der Waals surface area contributed by atoms with Gasteiger partial charge in [0.25, 0.3) is 0 Å². The first-order chi connectivity index (χ1) is 22.9. The second-order valence-electron chi connectivity index (χ2n) is 14.3. The summed E-state index contributed by atoms with van der Waals surface area (Å²) in [6.45, 7) is 1.94. The van der Waals surface area contributed by atoms with Crippen LogP contribution in [0.15, 0.2) is 30.1 Å². The quantitative estimate of drug-likeness (QED) is 0.130. The van der Waals surface area contributed by atoms with E-state index in [0.717, 1.165) is 63.5 Å². The van der Waals surface area contributed by atoms with E-state index < -0.39 is 64.1 Å². The predicted molar refractivity (Wildman–Crippen MR) is 167 cm³/mol. The van der Waals surface area contributed by atoms with Crippen molar-refractivity contribution in [3.63, 3.8) is 0 Å². The minimum Gasteiger partial charge on any atom is -0.432 e. The second kappa shape index (κ2) is 15.9. The third-order valence-electron chi connectivity index (χ3n) is 11.4. The van der Waals surface area contributed by atoms with Crippen LogP contribution in [-0.2, 0) is 0 Å². The fourth-order valence-electron chi connectivity index (χ4n) is 8.62. The van der Waals surface area contributed by atoms with Gasteiger partial charge >= 0.3 is 6.11 Å². The summed E-state index contributed by atoms with van der Waals surface area (Å²) in [5, 5.41) is 0. The van der Waals surface area contributed by atoms with E-state index in [2.05, 4.69) is 4.74 Å². The van der Waals surface area contributed by atoms with Crippen LogP contribution in [-0.4, -0.2) is 6.11 Å². The number of unbranched alkanes of at least 4 members (excludes halogenated alkanes) is 2. The smallest absolute Gasteiger partial charge is 0.400 e. The molecule has 0 spiro atoms. The fraction of sp³-hybridized carbons (Fsp3) is 0.632. The van der Waals surface area contributed by atoms with Crippen molar-refractivity contribution >= 4 is 5.83 Å². The molecule has 3 saturated carbocycles. The average Bonchev–Trinajstić information content (AvgIpc) is 3.07. The highest BCUT2D eigenvalue weighted by Gasteiger charge is 2.45. The van der Waals surface area contributed by atoms with E-state index in [0.29, 0.717) is 67.9 Å². The van der Waals surface area contributed by atoms with E-state index in [1.54, 1.807) is 0 Å². The largest absolute Gasteiger partial charge is 0.432 e. The molecule has 5 rings (SSSR count). The Hall–Kier alpha value is -2.65. The van der Waals surface area contributed by atoms with Gasteiger partial charge in [-0.3, -0.25) is 0 Å². The molecule has 1 nitrogen and oxygen atoms in total. The molecule has 2 aromatic carbocycles. The van der Waals surface area contributed by atoms with Crippen LogP contribution in [0.25, 0.3) is 5.83 Å². The van der Waals surface area contributed by atoms with Crippen molar-refractivity contribution in [3.8, 4) is 5.75 Å². The van der Waals surface area contributed by atoms with Gasteiger partial charge in [-0.25, -0.2) is 30.7 Å². The Kier molecular flexibility index (Phi) is 12.1. The molecule has 266 valence electrons. The average molecular weight is 689 g/mol. The summed E-state index contributed by atoms with van der Waals surface area (Å²) >= 11 is 0. The number of halogens is 9. The summed E-state index contributed by atoms with van der Waals surface area (Å²) in [4.78, 5) is 0. The van der Waals surface area contributed by atoms with E-state index in [-0.39, 0.29) is 30.7 Å². The third-order valence-corrected chi connectivity index (χ3v) is 11.4. The third kappa shape index (κ3) is 8.55. The summed E-state index contributed by atoms with van der Waals surface area (Å²) in [5.74, 6) is -9.22. The summed E-state index contributed by atoms with van der Waals surface area (Å²) in [5.41, 5.74) is -0.439. The Morgan fingerprint density at radius 3 is 1.58 bits per heavy atom. The molecular weight excluding hydrogens is 643 g/mol. The summed E-state index contributed by atoms with van der Waals surface area (Å²) in [7, 11) is 0. The van der Waals surface area contributed by atoms with Crippen LogP contribution in [0.4, 0.5) is 39.5 Å². The standard InChI is InChI=1S/C38H45F9O/c1-2-3-4-5-30(39)36(44)27-18-31(40)35(32(41)19-27)26-12-10-24(11-13-26)22-6-8-23(9-7-22)25-14-16-28(17-15-25)38(46,47)48-29-20-33(42)37(45)34(43)21-29/h18-26,28H,2-17H2,1H3/b36-30+. The lowest BCUT2D eigenvalue weighted by atomic mass is 9.64.